The zero-order chi connectivity index (χ0) is 15.1. The summed E-state index contributed by atoms with van der Waals surface area (Å²) in [6.45, 7) is 0.756. The van der Waals surface area contributed by atoms with E-state index in [0.29, 0.717) is 13.2 Å². The van der Waals surface area contributed by atoms with Gasteiger partial charge in [0.05, 0.1) is 6.61 Å². The molecule has 6 nitrogen and oxygen atoms in total. The number of imidazole rings is 1. The van der Waals surface area contributed by atoms with Crippen molar-refractivity contribution in [1.29, 1.82) is 0 Å². The van der Waals surface area contributed by atoms with Gasteiger partial charge in [0.1, 0.15) is 18.5 Å². The van der Waals surface area contributed by atoms with Crippen LogP contribution in [0.4, 0.5) is 0 Å². The summed E-state index contributed by atoms with van der Waals surface area (Å²) in [5.41, 5.74) is 6.31. The molecule has 112 valence electrons. The zero-order valence-electron chi connectivity index (χ0n) is 12.0. The number of aryl methyl sites for hydroxylation is 1. The fourth-order valence-corrected chi connectivity index (χ4v) is 2.05. The molecule has 1 aromatic carbocycles. The summed E-state index contributed by atoms with van der Waals surface area (Å²) in [4.78, 5) is 16.3. The maximum Gasteiger partial charge on any atom is 0.246 e. The fourth-order valence-electron chi connectivity index (χ4n) is 2.05. The van der Waals surface area contributed by atoms with Crippen LogP contribution in [0.2, 0.25) is 0 Å². The Morgan fingerprint density at radius 2 is 2.19 bits per heavy atom. The van der Waals surface area contributed by atoms with Crippen LogP contribution in [-0.4, -0.2) is 35.2 Å². The van der Waals surface area contributed by atoms with Gasteiger partial charge in [-0.05, 0) is 5.56 Å². The molecule has 2 aromatic rings. The van der Waals surface area contributed by atoms with Gasteiger partial charge in [-0.1, -0.05) is 30.3 Å². The molecule has 0 fully saturated rings. The number of amides is 1. The molecule has 1 heterocycles. The normalized spacial score (nSPS) is 12.1. The quantitative estimate of drug-likeness (QED) is 0.731. The Kier molecular flexibility index (Phi) is 5.48. The highest BCUT2D eigenvalue weighted by Gasteiger charge is 2.20. The third kappa shape index (κ3) is 4.14. The van der Waals surface area contributed by atoms with E-state index in [1.807, 2.05) is 48.1 Å². The summed E-state index contributed by atoms with van der Waals surface area (Å²) in [6.07, 6.45) is 3.56. The Hall–Kier alpha value is -2.18. The Balaban J connectivity index is 2.14. The van der Waals surface area contributed by atoms with E-state index < -0.39 is 0 Å². The number of nitrogens with zero attached hydrogens (tertiary/aromatic N) is 2. The predicted octanol–water partition coefficient (Wildman–Crippen LogP) is 0.601. The third-order valence-electron chi connectivity index (χ3n) is 3.05. The lowest BCUT2D eigenvalue weighted by Gasteiger charge is -2.19. The molecule has 1 atom stereocenters. The number of hydrogen-bond donors (Lipinski definition) is 2. The van der Waals surface area contributed by atoms with Crippen LogP contribution in [-0.2, 0) is 16.6 Å². The van der Waals surface area contributed by atoms with Crippen molar-refractivity contribution in [3.8, 4) is 0 Å². The first-order valence-corrected chi connectivity index (χ1v) is 6.81. The molecule has 1 aromatic heterocycles. The van der Waals surface area contributed by atoms with Crippen LogP contribution in [0, 0.1) is 0 Å². The van der Waals surface area contributed by atoms with Crippen molar-refractivity contribution in [2.75, 3.05) is 19.8 Å². The first-order valence-electron chi connectivity index (χ1n) is 6.81. The molecule has 2 rings (SSSR count). The molecular weight excluding hydrogens is 268 g/mol. The standard InChI is InChI=1S/C15H20N4O2/c1-19-9-8-17-15(19)14(12-5-3-2-4-6-12)18-13(20)11-21-10-7-16/h2-6,8-9,14H,7,10-11,16H2,1H3,(H,18,20). The van der Waals surface area contributed by atoms with Gasteiger partial charge in [-0.25, -0.2) is 4.98 Å². The van der Waals surface area contributed by atoms with Crippen molar-refractivity contribution in [2.45, 2.75) is 6.04 Å². The van der Waals surface area contributed by atoms with E-state index in [-0.39, 0.29) is 18.6 Å². The molecule has 3 N–H and O–H groups in total. The maximum absolute atomic E-state index is 12.0. The fraction of sp³-hybridized carbons (Fsp3) is 0.333. The summed E-state index contributed by atoms with van der Waals surface area (Å²) in [5, 5.41) is 2.95. The van der Waals surface area contributed by atoms with Gasteiger partial charge in [0, 0.05) is 26.0 Å². The number of carbonyl (C=O) groups is 1. The average molecular weight is 288 g/mol. The minimum absolute atomic E-state index is 0.00897. The molecule has 1 amide bonds. The van der Waals surface area contributed by atoms with Crippen molar-refractivity contribution in [1.82, 2.24) is 14.9 Å². The van der Waals surface area contributed by atoms with Crippen LogP contribution < -0.4 is 11.1 Å². The lowest BCUT2D eigenvalue weighted by atomic mass is 10.1. The minimum atomic E-state index is -0.305. The lowest BCUT2D eigenvalue weighted by molar-refractivity contribution is -0.126. The Morgan fingerprint density at radius 3 is 2.81 bits per heavy atom. The van der Waals surface area contributed by atoms with Crippen molar-refractivity contribution >= 4 is 5.91 Å². The van der Waals surface area contributed by atoms with Crippen LogP contribution in [0.5, 0.6) is 0 Å². The van der Waals surface area contributed by atoms with Gasteiger partial charge in [-0.3, -0.25) is 4.79 Å². The van der Waals surface area contributed by atoms with Crippen LogP contribution >= 0.6 is 0 Å². The van der Waals surface area contributed by atoms with Crippen molar-refractivity contribution in [3.05, 3.63) is 54.1 Å². The SMILES string of the molecule is Cn1ccnc1C(NC(=O)COCCN)c1ccccc1. The Bertz CT molecular complexity index is 568. The number of benzene rings is 1. The van der Waals surface area contributed by atoms with Crippen LogP contribution in [0.3, 0.4) is 0 Å². The van der Waals surface area contributed by atoms with E-state index in [0.717, 1.165) is 11.4 Å². The maximum atomic E-state index is 12.0. The van der Waals surface area contributed by atoms with E-state index in [9.17, 15) is 4.79 Å². The summed E-state index contributed by atoms with van der Waals surface area (Å²) < 4.78 is 7.05. The average Bonchev–Trinajstić information content (AvgIpc) is 2.92. The monoisotopic (exact) mass is 288 g/mol. The van der Waals surface area contributed by atoms with Crippen molar-refractivity contribution < 1.29 is 9.53 Å². The van der Waals surface area contributed by atoms with E-state index in [1.165, 1.54) is 0 Å². The summed E-state index contributed by atoms with van der Waals surface area (Å²) >= 11 is 0. The van der Waals surface area contributed by atoms with Gasteiger partial charge in [-0.15, -0.1) is 0 Å². The molecule has 0 bridgehead atoms. The van der Waals surface area contributed by atoms with Gasteiger partial charge in [0.15, 0.2) is 0 Å². The van der Waals surface area contributed by atoms with Crippen molar-refractivity contribution in [2.24, 2.45) is 12.8 Å². The molecule has 0 saturated carbocycles. The molecule has 0 aliphatic heterocycles. The Morgan fingerprint density at radius 1 is 1.43 bits per heavy atom. The van der Waals surface area contributed by atoms with Gasteiger partial charge in [0.25, 0.3) is 0 Å². The largest absolute Gasteiger partial charge is 0.370 e. The van der Waals surface area contributed by atoms with Crippen LogP contribution in [0.1, 0.15) is 17.4 Å². The molecule has 1 unspecified atom stereocenters. The number of nitrogens with two attached hydrogens (primary N) is 1. The highest BCUT2D eigenvalue weighted by atomic mass is 16.5. The lowest BCUT2D eigenvalue weighted by Crippen LogP contribution is -2.34. The highest BCUT2D eigenvalue weighted by Crippen LogP contribution is 2.19. The zero-order valence-corrected chi connectivity index (χ0v) is 12.0. The molecule has 0 spiro atoms. The summed E-state index contributed by atoms with van der Waals surface area (Å²) in [6, 6.07) is 9.41. The second-order valence-electron chi connectivity index (χ2n) is 4.65. The van der Waals surface area contributed by atoms with Gasteiger partial charge >= 0.3 is 0 Å². The topological polar surface area (TPSA) is 82.2 Å². The van der Waals surface area contributed by atoms with E-state index in [2.05, 4.69) is 10.3 Å². The number of aromatic nitrogens is 2. The van der Waals surface area contributed by atoms with Crippen LogP contribution in [0.25, 0.3) is 0 Å². The number of carbonyl (C=O) groups excluding carboxylic acids is 1. The molecule has 0 radical (unpaired) electrons. The van der Waals surface area contributed by atoms with Gasteiger partial charge < -0.3 is 20.4 Å². The molecule has 0 aliphatic rings. The predicted molar refractivity (Wildman–Crippen MR) is 79.5 cm³/mol. The highest BCUT2D eigenvalue weighted by molar-refractivity contribution is 5.78. The first-order chi connectivity index (χ1) is 10.2. The number of rotatable bonds is 7. The van der Waals surface area contributed by atoms with Gasteiger partial charge in [-0.2, -0.15) is 0 Å². The molecule has 6 heteroatoms. The molecular formula is C15H20N4O2. The molecule has 0 saturated heterocycles. The van der Waals surface area contributed by atoms with Crippen LogP contribution in [0.15, 0.2) is 42.7 Å². The number of ether oxygens (including phenoxy) is 1. The summed E-state index contributed by atoms with van der Waals surface area (Å²) in [7, 11) is 1.90. The number of hydrogen-bond acceptors (Lipinski definition) is 4. The van der Waals surface area contributed by atoms with Crippen molar-refractivity contribution in [3.63, 3.8) is 0 Å². The van der Waals surface area contributed by atoms with E-state index in [1.54, 1.807) is 6.20 Å². The second-order valence-corrected chi connectivity index (χ2v) is 4.65. The first kappa shape index (κ1) is 15.2. The number of nitrogens with one attached hydrogen (secondary N) is 1. The molecule has 21 heavy (non-hydrogen) atoms. The van der Waals surface area contributed by atoms with E-state index in [4.69, 9.17) is 10.5 Å². The van der Waals surface area contributed by atoms with E-state index >= 15 is 0 Å². The Labute approximate surface area is 123 Å². The molecule has 0 aliphatic carbocycles. The van der Waals surface area contributed by atoms with Gasteiger partial charge in [0.2, 0.25) is 5.91 Å². The second kappa shape index (κ2) is 7.56. The summed E-state index contributed by atoms with van der Waals surface area (Å²) in [5.74, 6) is 0.577. The minimum Gasteiger partial charge on any atom is -0.370 e. The third-order valence-corrected chi connectivity index (χ3v) is 3.05. The smallest absolute Gasteiger partial charge is 0.246 e.